The van der Waals surface area contributed by atoms with Crippen LogP contribution in [0.5, 0.6) is 0 Å². The minimum atomic E-state index is -3.58. The van der Waals surface area contributed by atoms with Crippen molar-refractivity contribution in [1.82, 2.24) is 15.2 Å². The van der Waals surface area contributed by atoms with Gasteiger partial charge >= 0.3 is 0 Å². The summed E-state index contributed by atoms with van der Waals surface area (Å²) in [5.74, 6) is -2.36. The molecule has 29 heavy (non-hydrogen) atoms. The highest BCUT2D eigenvalue weighted by Crippen LogP contribution is 2.24. The minimum absolute atomic E-state index is 0.0837. The summed E-state index contributed by atoms with van der Waals surface area (Å²) in [5.41, 5.74) is 4.19. The second kappa shape index (κ2) is 8.66. The molecular weight excluding hydrogens is 444 g/mol. The highest BCUT2D eigenvalue weighted by atomic mass is 35.5. The lowest BCUT2D eigenvalue weighted by Crippen LogP contribution is -2.41. The first-order chi connectivity index (χ1) is 13.7. The molecule has 1 saturated heterocycles. The number of benzene rings is 2. The Bertz CT molecular complexity index is 1060. The van der Waals surface area contributed by atoms with E-state index in [2.05, 4.69) is 10.9 Å². The normalized spacial score (nSPS) is 14.6. The molecule has 0 aliphatic carbocycles. The fourth-order valence-corrected chi connectivity index (χ4v) is 4.79. The number of hydrogen-bond acceptors (Lipinski definition) is 4. The van der Waals surface area contributed by atoms with E-state index < -0.39 is 27.7 Å². The van der Waals surface area contributed by atoms with Crippen LogP contribution < -0.4 is 10.9 Å². The van der Waals surface area contributed by atoms with Gasteiger partial charge < -0.3 is 0 Å². The van der Waals surface area contributed by atoms with E-state index in [-0.39, 0.29) is 26.1 Å². The number of hydrazine groups is 1. The quantitative estimate of drug-likeness (QED) is 0.542. The van der Waals surface area contributed by atoms with Gasteiger partial charge in [-0.3, -0.25) is 20.4 Å². The molecular formula is C18H16Cl2FN3O4S. The van der Waals surface area contributed by atoms with E-state index in [9.17, 15) is 22.4 Å². The van der Waals surface area contributed by atoms with Gasteiger partial charge in [0, 0.05) is 18.7 Å². The van der Waals surface area contributed by atoms with Crippen LogP contribution in [-0.2, 0) is 10.0 Å². The van der Waals surface area contributed by atoms with E-state index in [1.165, 1.54) is 28.6 Å². The third kappa shape index (κ3) is 4.69. The van der Waals surface area contributed by atoms with Crippen molar-refractivity contribution in [3.8, 4) is 0 Å². The number of halogens is 3. The lowest BCUT2D eigenvalue weighted by Gasteiger charge is -2.15. The number of carbonyl (C=O) groups excluding carboxylic acids is 2. The molecule has 2 amide bonds. The first kappa shape index (κ1) is 21.5. The molecule has 1 aliphatic heterocycles. The maximum absolute atomic E-state index is 13.5. The second-order valence-electron chi connectivity index (χ2n) is 6.29. The molecule has 0 spiro atoms. The lowest BCUT2D eigenvalue weighted by molar-refractivity contribution is 0.0846. The molecule has 0 aromatic heterocycles. The van der Waals surface area contributed by atoms with Crippen molar-refractivity contribution in [1.29, 1.82) is 0 Å². The molecule has 0 atom stereocenters. The van der Waals surface area contributed by atoms with Crippen molar-refractivity contribution in [2.45, 2.75) is 17.7 Å². The molecule has 0 unspecified atom stereocenters. The van der Waals surface area contributed by atoms with Gasteiger partial charge in [0.25, 0.3) is 11.8 Å². The van der Waals surface area contributed by atoms with E-state index >= 15 is 0 Å². The number of amides is 2. The Morgan fingerprint density at radius 3 is 2.14 bits per heavy atom. The molecule has 154 valence electrons. The van der Waals surface area contributed by atoms with Gasteiger partial charge in [0.05, 0.1) is 20.5 Å². The maximum Gasteiger partial charge on any atom is 0.271 e. The van der Waals surface area contributed by atoms with E-state index in [1.807, 2.05) is 0 Å². The highest BCUT2D eigenvalue weighted by molar-refractivity contribution is 7.89. The van der Waals surface area contributed by atoms with Gasteiger partial charge in [0.15, 0.2) is 0 Å². The molecule has 11 heteroatoms. The Kier molecular flexibility index (Phi) is 6.42. The van der Waals surface area contributed by atoms with Gasteiger partial charge in [0.2, 0.25) is 10.0 Å². The van der Waals surface area contributed by atoms with Gasteiger partial charge in [-0.05, 0) is 49.2 Å². The summed E-state index contributed by atoms with van der Waals surface area (Å²) in [7, 11) is -3.58. The van der Waals surface area contributed by atoms with Crippen LogP contribution in [0.25, 0.3) is 0 Å². The van der Waals surface area contributed by atoms with Crippen LogP contribution in [0.2, 0.25) is 10.0 Å². The average Bonchev–Trinajstić information content (AvgIpc) is 3.24. The van der Waals surface area contributed by atoms with Crippen LogP contribution in [0.1, 0.15) is 33.6 Å². The van der Waals surface area contributed by atoms with Crippen molar-refractivity contribution in [3.63, 3.8) is 0 Å². The van der Waals surface area contributed by atoms with Gasteiger partial charge in [-0.1, -0.05) is 23.2 Å². The van der Waals surface area contributed by atoms with E-state index in [0.29, 0.717) is 13.1 Å². The van der Waals surface area contributed by atoms with Crippen molar-refractivity contribution < 1.29 is 22.4 Å². The summed E-state index contributed by atoms with van der Waals surface area (Å²) in [6.07, 6.45) is 1.64. The Balaban J connectivity index is 1.65. The molecule has 2 N–H and O–H groups in total. The van der Waals surface area contributed by atoms with Crippen LogP contribution in [0.15, 0.2) is 41.3 Å². The molecule has 7 nitrogen and oxygen atoms in total. The number of nitrogens with zero attached hydrogens (tertiary/aromatic N) is 1. The van der Waals surface area contributed by atoms with Gasteiger partial charge in [-0.2, -0.15) is 4.31 Å². The smallest absolute Gasteiger partial charge is 0.267 e. The molecule has 2 aromatic rings. The van der Waals surface area contributed by atoms with Crippen molar-refractivity contribution in [3.05, 3.63) is 63.4 Å². The Hall–Kier alpha value is -2.20. The standard InChI is InChI=1S/C18H16Cl2FN3O4S/c19-14-10-15(20)16(21)9-13(14)18(26)23-22-17(25)11-3-5-12(6-4-11)29(27,28)24-7-1-2-8-24/h3-6,9-10H,1-2,7-8H2,(H,22,25)(H,23,26). The molecule has 2 aromatic carbocycles. The number of sulfonamides is 1. The topological polar surface area (TPSA) is 95.6 Å². The molecule has 0 saturated carbocycles. The Morgan fingerprint density at radius 2 is 1.52 bits per heavy atom. The first-order valence-electron chi connectivity index (χ1n) is 8.55. The molecule has 1 aliphatic rings. The SMILES string of the molecule is O=C(NNC(=O)c1cc(F)c(Cl)cc1Cl)c1ccc(S(=O)(=O)N2CCCC2)cc1. The van der Waals surface area contributed by atoms with Crippen LogP contribution in [0, 0.1) is 5.82 Å². The third-order valence-corrected chi connectivity index (χ3v) is 6.88. The van der Waals surface area contributed by atoms with Gasteiger partial charge in [-0.25, -0.2) is 12.8 Å². The van der Waals surface area contributed by atoms with Crippen molar-refractivity contribution in [2.24, 2.45) is 0 Å². The predicted octanol–water partition coefficient (Wildman–Crippen LogP) is 2.99. The van der Waals surface area contributed by atoms with E-state index in [4.69, 9.17) is 23.2 Å². The fourth-order valence-electron chi connectivity index (χ4n) is 2.81. The molecule has 0 bridgehead atoms. The van der Waals surface area contributed by atoms with Gasteiger partial charge in [-0.15, -0.1) is 0 Å². The lowest BCUT2D eigenvalue weighted by atomic mass is 10.2. The fraction of sp³-hybridized carbons (Fsp3) is 0.222. The van der Waals surface area contributed by atoms with Crippen molar-refractivity contribution >= 4 is 45.0 Å². The van der Waals surface area contributed by atoms with Crippen LogP contribution in [0.3, 0.4) is 0 Å². The minimum Gasteiger partial charge on any atom is -0.267 e. The number of nitrogens with one attached hydrogen (secondary N) is 2. The summed E-state index contributed by atoms with van der Waals surface area (Å²) in [5, 5.41) is -0.320. The van der Waals surface area contributed by atoms with Crippen LogP contribution in [-0.4, -0.2) is 37.6 Å². The van der Waals surface area contributed by atoms with E-state index in [0.717, 1.165) is 25.0 Å². The molecule has 0 radical (unpaired) electrons. The number of carbonyl (C=O) groups is 2. The Labute approximate surface area is 176 Å². The summed E-state index contributed by atoms with van der Waals surface area (Å²) in [6.45, 7) is 0.953. The molecule has 1 fully saturated rings. The zero-order valence-electron chi connectivity index (χ0n) is 14.9. The summed E-state index contributed by atoms with van der Waals surface area (Å²) >= 11 is 11.4. The average molecular weight is 460 g/mol. The molecule has 3 rings (SSSR count). The zero-order chi connectivity index (χ0) is 21.2. The monoisotopic (exact) mass is 459 g/mol. The number of hydrogen-bond donors (Lipinski definition) is 2. The van der Waals surface area contributed by atoms with Crippen molar-refractivity contribution in [2.75, 3.05) is 13.1 Å². The van der Waals surface area contributed by atoms with E-state index in [1.54, 1.807) is 0 Å². The first-order valence-corrected chi connectivity index (χ1v) is 10.7. The summed E-state index contributed by atoms with van der Waals surface area (Å²) in [4.78, 5) is 24.4. The van der Waals surface area contributed by atoms with Gasteiger partial charge in [0.1, 0.15) is 5.82 Å². The van der Waals surface area contributed by atoms with Crippen LogP contribution >= 0.6 is 23.2 Å². The largest absolute Gasteiger partial charge is 0.271 e. The summed E-state index contributed by atoms with van der Waals surface area (Å²) in [6, 6.07) is 7.25. The highest BCUT2D eigenvalue weighted by Gasteiger charge is 2.27. The Morgan fingerprint density at radius 1 is 0.931 bits per heavy atom. The molecule has 1 heterocycles. The summed E-state index contributed by atoms with van der Waals surface area (Å²) < 4.78 is 39.9. The zero-order valence-corrected chi connectivity index (χ0v) is 17.2. The van der Waals surface area contributed by atoms with Crippen LogP contribution in [0.4, 0.5) is 4.39 Å². The number of rotatable bonds is 4. The third-order valence-electron chi connectivity index (χ3n) is 4.36. The second-order valence-corrected chi connectivity index (χ2v) is 9.04. The predicted molar refractivity (Wildman–Crippen MR) is 106 cm³/mol. The maximum atomic E-state index is 13.5.